The molecule has 1 aromatic carbocycles. The molecule has 1 N–H and O–H groups in total. The molecule has 0 saturated carbocycles. The topological polar surface area (TPSA) is 29.3 Å². The van der Waals surface area contributed by atoms with Crippen molar-refractivity contribution in [1.29, 1.82) is 0 Å². The van der Waals surface area contributed by atoms with Crippen molar-refractivity contribution in [1.82, 2.24) is 14.7 Å². The Kier molecular flexibility index (Phi) is 4.71. The minimum Gasteiger partial charge on any atom is -0.307 e. The molecule has 20 heavy (non-hydrogen) atoms. The fraction of sp³-hybridized carbons (Fsp3) is 0.133. The fourth-order valence-electron chi connectivity index (χ4n) is 2.05. The molecule has 0 radical (unpaired) electrons. The molecule has 0 spiro atoms. The van der Waals surface area contributed by atoms with Gasteiger partial charge in [-0.05, 0) is 29.8 Å². The largest absolute Gasteiger partial charge is 0.307 e. The van der Waals surface area contributed by atoms with Crippen LogP contribution in [0.15, 0.2) is 54.9 Å². The number of nitrogens with zero attached hydrogens (tertiary/aromatic N) is 2. The first kappa shape index (κ1) is 14.5. The maximum atomic E-state index is 13.0. The highest BCUT2D eigenvalue weighted by atomic mass is 35.5. The van der Waals surface area contributed by atoms with Gasteiger partial charge in [-0.15, -0.1) is 12.4 Å². The zero-order valence-electron chi connectivity index (χ0n) is 10.8. The van der Waals surface area contributed by atoms with Crippen LogP contribution in [0.25, 0.3) is 5.65 Å². The van der Waals surface area contributed by atoms with E-state index in [2.05, 4.69) is 10.3 Å². The zero-order chi connectivity index (χ0) is 13.1. The number of hydrogen-bond donors (Lipinski definition) is 1. The SMILES string of the molecule is Cl.Fc1cccc(CNCc2cn3ccccc3n2)c1. The maximum absolute atomic E-state index is 13.0. The van der Waals surface area contributed by atoms with Crippen molar-refractivity contribution in [3.05, 3.63) is 71.9 Å². The summed E-state index contributed by atoms with van der Waals surface area (Å²) in [6, 6.07) is 12.5. The molecule has 0 aliphatic heterocycles. The number of pyridine rings is 1. The second-order valence-corrected chi connectivity index (χ2v) is 4.43. The Hall–Kier alpha value is -1.91. The lowest BCUT2D eigenvalue weighted by molar-refractivity contribution is 0.619. The van der Waals surface area contributed by atoms with E-state index in [0.29, 0.717) is 13.1 Å². The number of rotatable bonds is 4. The van der Waals surface area contributed by atoms with Gasteiger partial charge in [0.1, 0.15) is 11.5 Å². The van der Waals surface area contributed by atoms with Crippen LogP contribution in [0.5, 0.6) is 0 Å². The molecule has 0 unspecified atom stereocenters. The molecule has 2 aromatic heterocycles. The molecule has 0 fully saturated rings. The maximum Gasteiger partial charge on any atom is 0.137 e. The molecule has 3 aromatic rings. The van der Waals surface area contributed by atoms with Crippen molar-refractivity contribution in [2.45, 2.75) is 13.1 Å². The van der Waals surface area contributed by atoms with Crippen LogP contribution in [0.1, 0.15) is 11.3 Å². The van der Waals surface area contributed by atoms with Gasteiger partial charge in [0.05, 0.1) is 5.69 Å². The molecule has 0 aliphatic carbocycles. The summed E-state index contributed by atoms with van der Waals surface area (Å²) < 4.78 is 15.0. The summed E-state index contributed by atoms with van der Waals surface area (Å²) in [5.41, 5.74) is 2.84. The van der Waals surface area contributed by atoms with E-state index in [-0.39, 0.29) is 18.2 Å². The minimum absolute atomic E-state index is 0. The molecule has 3 rings (SSSR count). The lowest BCUT2D eigenvalue weighted by Gasteiger charge is -2.02. The monoisotopic (exact) mass is 291 g/mol. The number of nitrogens with one attached hydrogen (secondary N) is 1. The van der Waals surface area contributed by atoms with Gasteiger partial charge in [-0.3, -0.25) is 0 Å². The normalized spacial score (nSPS) is 10.4. The number of benzene rings is 1. The summed E-state index contributed by atoms with van der Waals surface area (Å²) in [6.07, 6.45) is 3.96. The van der Waals surface area contributed by atoms with E-state index in [0.717, 1.165) is 16.9 Å². The average Bonchev–Trinajstić information content (AvgIpc) is 2.81. The van der Waals surface area contributed by atoms with E-state index in [1.54, 1.807) is 6.07 Å². The van der Waals surface area contributed by atoms with Crippen molar-refractivity contribution in [3.63, 3.8) is 0 Å². The highest BCUT2D eigenvalue weighted by molar-refractivity contribution is 5.85. The van der Waals surface area contributed by atoms with Crippen molar-refractivity contribution in [2.24, 2.45) is 0 Å². The van der Waals surface area contributed by atoms with Crippen molar-refractivity contribution >= 4 is 18.1 Å². The van der Waals surface area contributed by atoms with Crippen LogP contribution in [0.3, 0.4) is 0 Å². The van der Waals surface area contributed by atoms with Crippen LogP contribution in [0.2, 0.25) is 0 Å². The first-order valence-electron chi connectivity index (χ1n) is 6.19. The molecule has 5 heteroatoms. The number of hydrogen-bond acceptors (Lipinski definition) is 2. The minimum atomic E-state index is -0.202. The predicted octanol–water partition coefficient (Wildman–Crippen LogP) is 3.19. The number of fused-ring (bicyclic) bond motifs is 1. The second-order valence-electron chi connectivity index (χ2n) is 4.43. The molecular weight excluding hydrogens is 277 g/mol. The first-order valence-corrected chi connectivity index (χ1v) is 6.19. The lowest BCUT2D eigenvalue weighted by Crippen LogP contribution is -2.12. The zero-order valence-corrected chi connectivity index (χ0v) is 11.6. The standard InChI is InChI=1S/C15H14FN3.ClH/c16-13-5-3-4-12(8-13)9-17-10-14-11-19-7-2-1-6-15(19)18-14;/h1-8,11,17H,9-10H2;1H. The van der Waals surface area contributed by atoms with Crippen LogP contribution in [0.4, 0.5) is 4.39 Å². The summed E-state index contributed by atoms with van der Waals surface area (Å²) in [7, 11) is 0. The van der Waals surface area contributed by atoms with Crippen molar-refractivity contribution < 1.29 is 4.39 Å². The quantitative estimate of drug-likeness (QED) is 0.800. The van der Waals surface area contributed by atoms with Gasteiger partial charge in [-0.1, -0.05) is 18.2 Å². The highest BCUT2D eigenvalue weighted by Gasteiger charge is 2.00. The molecule has 0 saturated heterocycles. The second kappa shape index (κ2) is 6.50. The van der Waals surface area contributed by atoms with Crippen molar-refractivity contribution in [3.8, 4) is 0 Å². The van der Waals surface area contributed by atoms with Crippen LogP contribution in [-0.4, -0.2) is 9.38 Å². The predicted molar refractivity (Wildman–Crippen MR) is 79.4 cm³/mol. The Morgan fingerprint density at radius 1 is 1.10 bits per heavy atom. The van der Waals surface area contributed by atoms with Crippen LogP contribution in [-0.2, 0) is 13.1 Å². The van der Waals surface area contributed by atoms with Gasteiger partial charge in [-0.25, -0.2) is 9.37 Å². The number of aromatic nitrogens is 2. The van der Waals surface area contributed by atoms with E-state index in [1.807, 2.05) is 41.1 Å². The number of imidazole rings is 1. The average molecular weight is 292 g/mol. The molecule has 0 amide bonds. The molecule has 3 nitrogen and oxygen atoms in total. The summed E-state index contributed by atoms with van der Waals surface area (Å²) in [5, 5.41) is 3.26. The third kappa shape index (κ3) is 3.35. The Bertz CT molecular complexity index is 663. The van der Waals surface area contributed by atoms with Gasteiger partial charge < -0.3 is 9.72 Å². The van der Waals surface area contributed by atoms with Gasteiger partial charge in [-0.2, -0.15) is 0 Å². The van der Waals surface area contributed by atoms with E-state index in [9.17, 15) is 4.39 Å². The van der Waals surface area contributed by atoms with Gasteiger partial charge in [0.25, 0.3) is 0 Å². The molecule has 0 aliphatic rings. The molecule has 104 valence electrons. The Morgan fingerprint density at radius 2 is 2.00 bits per heavy atom. The van der Waals surface area contributed by atoms with Crippen LogP contribution < -0.4 is 5.32 Å². The highest BCUT2D eigenvalue weighted by Crippen LogP contribution is 2.06. The van der Waals surface area contributed by atoms with Crippen LogP contribution >= 0.6 is 12.4 Å². The third-order valence-electron chi connectivity index (χ3n) is 2.94. The number of halogens is 2. The molecule has 0 atom stereocenters. The van der Waals surface area contributed by atoms with Gasteiger partial charge in [0.2, 0.25) is 0 Å². The Balaban J connectivity index is 0.00000147. The molecular formula is C15H15ClFN3. The molecule has 2 heterocycles. The van der Waals surface area contributed by atoms with E-state index in [1.165, 1.54) is 12.1 Å². The lowest BCUT2D eigenvalue weighted by atomic mass is 10.2. The fourth-order valence-corrected chi connectivity index (χ4v) is 2.05. The summed E-state index contributed by atoms with van der Waals surface area (Å²) >= 11 is 0. The van der Waals surface area contributed by atoms with Gasteiger partial charge >= 0.3 is 0 Å². The van der Waals surface area contributed by atoms with E-state index >= 15 is 0 Å². The smallest absolute Gasteiger partial charge is 0.137 e. The molecule has 0 bridgehead atoms. The van der Waals surface area contributed by atoms with E-state index < -0.39 is 0 Å². The third-order valence-corrected chi connectivity index (χ3v) is 2.94. The summed E-state index contributed by atoms with van der Waals surface area (Å²) in [5.74, 6) is -0.202. The van der Waals surface area contributed by atoms with Crippen LogP contribution in [0, 0.1) is 5.82 Å². The first-order chi connectivity index (χ1) is 9.31. The van der Waals surface area contributed by atoms with Gasteiger partial charge in [0.15, 0.2) is 0 Å². The van der Waals surface area contributed by atoms with Crippen molar-refractivity contribution in [2.75, 3.05) is 0 Å². The van der Waals surface area contributed by atoms with Gasteiger partial charge in [0, 0.05) is 25.5 Å². The van der Waals surface area contributed by atoms with E-state index in [4.69, 9.17) is 0 Å². The Labute approximate surface area is 122 Å². The summed E-state index contributed by atoms with van der Waals surface area (Å²) in [6.45, 7) is 1.30. The summed E-state index contributed by atoms with van der Waals surface area (Å²) in [4.78, 5) is 4.49. The Morgan fingerprint density at radius 3 is 2.80 bits per heavy atom.